The van der Waals surface area contributed by atoms with Crippen molar-refractivity contribution in [1.29, 1.82) is 0 Å². The van der Waals surface area contributed by atoms with Crippen molar-refractivity contribution in [3.63, 3.8) is 0 Å². The summed E-state index contributed by atoms with van der Waals surface area (Å²) in [4.78, 5) is 0. The van der Waals surface area contributed by atoms with Gasteiger partial charge in [-0.15, -0.1) is 0 Å². The van der Waals surface area contributed by atoms with Gasteiger partial charge in [-0.3, -0.25) is 0 Å². The van der Waals surface area contributed by atoms with Crippen LogP contribution in [0.2, 0.25) is 0 Å². The van der Waals surface area contributed by atoms with Gasteiger partial charge in [-0.2, -0.15) is 0 Å². The molecule has 0 unspecified atom stereocenters. The number of ether oxygens (including phenoxy) is 1. The van der Waals surface area contributed by atoms with Gasteiger partial charge in [0.25, 0.3) is 0 Å². The maximum absolute atomic E-state index is 5.91. The summed E-state index contributed by atoms with van der Waals surface area (Å²) in [5.41, 5.74) is 2.60. The molecule has 1 N–H and O–H groups in total. The molecule has 0 aromatic heterocycles. The zero-order valence-corrected chi connectivity index (χ0v) is 13.6. The van der Waals surface area contributed by atoms with Gasteiger partial charge in [-0.25, -0.2) is 0 Å². The first-order valence-corrected chi connectivity index (χ1v) is 8.29. The minimum atomic E-state index is 0.603. The number of nitrogens with one attached hydrogen (secondary N) is 1. The van der Waals surface area contributed by atoms with E-state index in [-0.39, 0.29) is 0 Å². The summed E-state index contributed by atoms with van der Waals surface area (Å²) in [6, 6.07) is 16.8. The van der Waals surface area contributed by atoms with Crippen LogP contribution in [0.3, 0.4) is 0 Å². The summed E-state index contributed by atoms with van der Waals surface area (Å²) in [5, 5.41) is 3.41. The molecule has 1 saturated heterocycles. The molecule has 0 saturated carbocycles. The summed E-state index contributed by atoms with van der Waals surface area (Å²) in [7, 11) is 0. The molecule has 0 bridgehead atoms. The predicted molar refractivity (Wildman–Crippen MR) is 89.8 cm³/mol. The van der Waals surface area contributed by atoms with Crippen molar-refractivity contribution in [3.8, 4) is 5.75 Å². The number of piperidine rings is 1. The van der Waals surface area contributed by atoms with Gasteiger partial charge in [0.15, 0.2) is 0 Å². The van der Waals surface area contributed by atoms with E-state index in [1.54, 1.807) is 0 Å². The van der Waals surface area contributed by atoms with Gasteiger partial charge < -0.3 is 10.1 Å². The molecule has 3 rings (SSSR count). The van der Waals surface area contributed by atoms with Gasteiger partial charge >= 0.3 is 0 Å². The minimum absolute atomic E-state index is 0.603. The monoisotopic (exact) mass is 345 g/mol. The van der Waals surface area contributed by atoms with Gasteiger partial charge in [0.2, 0.25) is 0 Å². The molecule has 2 aromatic rings. The molecule has 1 aliphatic heterocycles. The van der Waals surface area contributed by atoms with Crippen LogP contribution in [-0.4, -0.2) is 13.1 Å². The van der Waals surface area contributed by atoms with Crippen LogP contribution in [-0.2, 0) is 6.61 Å². The highest BCUT2D eigenvalue weighted by Gasteiger charge is 2.16. The van der Waals surface area contributed by atoms with E-state index in [2.05, 4.69) is 51.6 Å². The Morgan fingerprint density at radius 1 is 1.05 bits per heavy atom. The molecule has 0 spiro atoms. The molecule has 2 aromatic carbocycles. The first-order chi connectivity index (χ1) is 10.3. The van der Waals surface area contributed by atoms with E-state index in [0.29, 0.717) is 12.5 Å². The van der Waals surface area contributed by atoms with Crippen molar-refractivity contribution < 1.29 is 4.74 Å². The maximum atomic E-state index is 5.91. The summed E-state index contributed by atoms with van der Waals surface area (Å²) in [5.74, 6) is 1.59. The Morgan fingerprint density at radius 2 is 1.81 bits per heavy atom. The van der Waals surface area contributed by atoms with E-state index < -0.39 is 0 Å². The molecule has 0 aliphatic carbocycles. The standard InChI is InChI=1S/C18H20BrNO/c19-17-12-16(15-8-10-20-11-9-15)6-7-18(17)21-13-14-4-2-1-3-5-14/h1-7,12,15,20H,8-11,13H2. The molecule has 0 atom stereocenters. The van der Waals surface area contributed by atoms with Crippen LogP contribution < -0.4 is 10.1 Å². The van der Waals surface area contributed by atoms with E-state index in [1.807, 2.05) is 18.2 Å². The molecule has 3 heteroatoms. The van der Waals surface area contributed by atoms with E-state index >= 15 is 0 Å². The summed E-state index contributed by atoms with van der Waals surface area (Å²) < 4.78 is 6.96. The van der Waals surface area contributed by atoms with Crippen LogP contribution in [0.15, 0.2) is 53.0 Å². The van der Waals surface area contributed by atoms with Crippen LogP contribution >= 0.6 is 15.9 Å². The Morgan fingerprint density at radius 3 is 2.52 bits per heavy atom. The minimum Gasteiger partial charge on any atom is -0.488 e. The lowest BCUT2D eigenvalue weighted by Crippen LogP contribution is -2.26. The Balaban J connectivity index is 1.66. The van der Waals surface area contributed by atoms with Crippen molar-refractivity contribution >= 4 is 15.9 Å². The molecular weight excluding hydrogens is 326 g/mol. The fourth-order valence-corrected chi connectivity index (χ4v) is 3.29. The third-order valence-corrected chi connectivity index (χ3v) is 4.62. The van der Waals surface area contributed by atoms with Gasteiger partial charge in [-0.1, -0.05) is 36.4 Å². The molecule has 0 radical (unpaired) electrons. The quantitative estimate of drug-likeness (QED) is 0.880. The zero-order chi connectivity index (χ0) is 14.5. The molecular formula is C18H20BrNO. The third-order valence-electron chi connectivity index (χ3n) is 4.00. The van der Waals surface area contributed by atoms with Crippen LogP contribution in [0, 0.1) is 0 Å². The maximum Gasteiger partial charge on any atom is 0.134 e. The van der Waals surface area contributed by atoms with Gasteiger partial charge in [-0.05, 0) is 71.0 Å². The van der Waals surface area contributed by atoms with Gasteiger partial charge in [0.05, 0.1) is 4.47 Å². The number of hydrogen-bond donors (Lipinski definition) is 1. The highest BCUT2D eigenvalue weighted by Crippen LogP contribution is 2.32. The van der Waals surface area contributed by atoms with Crippen LogP contribution in [0.4, 0.5) is 0 Å². The lowest BCUT2D eigenvalue weighted by atomic mass is 9.90. The van der Waals surface area contributed by atoms with E-state index in [4.69, 9.17) is 4.74 Å². The van der Waals surface area contributed by atoms with Crippen LogP contribution in [0.1, 0.15) is 29.9 Å². The van der Waals surface area contributed by atoms with E-state index in [1.165, 1.54) is 24.0 Å². The summed E-state index contributed by atoms with van der Waals surface area (Å²) in [6.07, 6.45) is 2.44. The third kappa shape index (κ3) is 3.86. The largest absolute Gasteiger partial charge is 0.488 e. The lowest BCUT2D eigenvalue weighted by molar-refractivity contribution is 0.304. The SMILES string of the molecule is Brc1cc(C2CCNCC2)ccc1OCc1ccccc1. The molecule has 1 fully saturated rings. The normalized spacial score (nSPS) is 15.9. The molecule has 2 nitrogen and oxygen atoms in total. The summed E-state index contributed by atoms with van der Waals surface area (Å²) >= 11 is 3.65. The summed E-state index contributed by atoms with van der Waals surface area (Å²) in [6.45, 7) is 2.84. The Labute approximate surface area is 134 Å². The van der Waals surface area contributed by atoms with Gasteiger partial charge in [0, 0.05) is 0 Å². The first kappa shape index (κ1) is 14.6. The fraction of sp³-hybridized carbons (Fsp3) is 0.333. The van der Waals surface area contributed by atoms with Crippen molar-refractivity contribution in [1.82, 2.24) is 5.32 Å². The topological polar surface area (TPSA) is 21.3 Å². The van der Waals surface area contributed by atoms with Crippen molar-refractivity contribution in [3.05, 3.63) is 64.1 Å². The van der Waals surface area contributed by atoms with Gasteiger partial charge in [0.1, 0.15) is 12.4 Å². The Hall–Kier alpha value is -1.32. The van der Waals surface area contributed by atoms with Crippen LogP contribution in [0.25, 0.3) is 0 Å². The molecule has 1 aliphatic rings. The second-order valence-corrected chi connectivity index (χ2v) is 6.34. The van der Waals surface area contributed by atoms with Crippen LogP contribution in [0.5, 0.6) is 5.75 Å². The van der Waals surface area contributed by atoms with E-state index in [0.717, 1.165) is 23.3 Å². The predicted octanol–water partition coefficient (Wildman–Crippen LogP) is 4.50. The Bertz CT molecular complexity index is 579. The number of benzene rings is 2. The smallest absolute Gasteiger partial charge is 0.134 e. The fourth-order valence-electron chi connectivity index (χ4n) is 2.78. The zero-order valence-electron chi connectivity index (χ0n) is 12.0. The Kier molecular flexibility index (Phi) is 4.94. The second-order valence-electron chi connectivity index (χ2n) is 5.49. The first-order valence-electron chi connectivity index (χ1n) is 7.50. The lowest BCUT2D eigenvalue weighted by Gasteiger charge is -2.23. The van der Waals surface area contributed by atoms with E-state index in [9.17, 15) is 0 Å². The second kappa shape index (κ2) is 7.10. The average molecular weight is 346 g/mol. The number of halogens is 1. The molecule has 0 amide bonds. The number of rotatable bonds is 4. The molecule has 110 valence electrons. The molecule has 21 heavy (non-hydrogen) atoms. The highest BCUT2D eigenvalue weighted by molar-refractivity contribution is 9.10. The number of hydrogen-bond acceptors (Lipinski definition) is 2. The van der Waals surface area contributed by atoms with Crippen molar-refractivity contribution in [2.45, 2.75) is 25.4 Å². The van der Waals surface area contributed by atoms with Crippen molar-refractivity contribution in [2.24, 2.45) is 0 Å². The highest BCUT2D eigenvalue weighted by atomic mass is 79.9. The average Bonchev–Trinajstić information content (AvgIpc) is 2.55. The van der Waals surface area contributed by atoms with Crippen molar-refractivity contribution in [2.75, 3.05) is 13.1 Å². The molecule has 1 heterocycles.